The highest BCUT2D eigenvalue weighted by Gasteiger charge is 2.37. The van der Waals surface area contributed by atoms with E-state index in [1.807, 2.05) is 22.6 Å². The molecule has 0 saturated heterocycles. The normalized spacial score (nSPS) is 19.1. The standard InChI is InChI=1S/C27H37N7O12.C21H29IN10O7.C19H26IN9O6.3CH4/c28-11-2-1-3-17-25(41)33-19(27(43)30-16(23(29)39)5-8-21(35)36)10-12-46-20-7-4-14(34(44)45)13-15(20)24(40)31-18(26(42)32-17)6-9-22(37)38;22-11-7-9(32(38)39)6-10-16(11)27-5-3-12(17(24)34)29-19(36)13(2-1-4-28-21(25)26)30-20(37)14(8-15(23)33)31-18(10)35;20-11-7-9(29(34)35)6-10-15(11)24-5-3-12(16(21)31)27-14(30)8-26-18(33)13(28-17(10)32)2-1-4-25-19(22)23;;;/h4,7,13,16-19H,1-3,5-6,8-12,28H2,(H2,29,39)(H,30,43)(H,31,40)(H,32,42)(H,33,41)(H,35,36)(H,37,38);6-7,12-14,27H,1-5,8H2,(H2,23,33)(H2,24,34)(H,29,36)(H,30,37)(H,31,35)(H4,25,26,28);6-7,12-13,24H,1-5,8H2,(H2,21,31)(H,26,33)(H,27,30)(H,28,32)(H4,22,23,25);3*1H4/t16?,17-,18?,19-;12-,13-,14?;12-,13-;;;/m000.../s1. The van der Waals surface area contributed by atoms with E-state index in [-0.39, 0.29) is 168 Å². The van der Waals surface area contributed by atoms with Crippen molar-refractivity contribution >= 4 is 180 Å². The highest BCUT2D eigenvalue weighted by Crippen LogP contribution is 2.32. The number of hydrogen-bond donors (Lipinski definition) is 23. The largest absolute Gasteiger partial charge is 0.493 e. The van der Waals surface area contributed by atoms with E-state index in [1.54, 1.807) is 22.6 Å². The Kier molecular flexibility index (Phi) is 46.8. The summed E-state index contributed by atoms with van der Waals surface area (Å²) in [4.78, 5) is 240. The third kappa shape index (κ3) is 36.7. The molecule has 0 radical (unpaired) electrons. The molecular weight excluding hydrogens is 1860 g/mol. The van der Waals surface area contributed by atoms with Crippen molar-refractivity contribution in [3.63, 3.8) is 0 Å². The molecule has 53 heteroatoms. The first-order chi connectivity index (χ1) is 56.5. The lowest BCUT2D eigenvalue weighted by Crippen LogP contribution is -2.58. The number of benzene rings is 3. The lowest BCUT2D eigenvalue weighted by Gasteiger charge is -2.27. The zero-order valence-corrected chi connectivity index (χ0v) is 68.1. The van der Waals surface area contributed by atoms with Crippen LogP contribution in [0.5, 0.6) is 5.75 Å². The van der Waals surface area contributed by atoms with Crippen LogP contribution >= 0.6 is 45.2 Å². The van der Waals surface area contributed by atoms with Crippen molar-refractivity contribution in [2.24, 2.45) is 61.6 Å². The molecular formula is C70H104I2N26O25. The Hall–Kier alpha value is -13.3. The number of aliphatic carboxylic acids is 2. The SMILES string of the molecule is C.C.C.NC(=O)CC1NC(=O)c2cc([N+](=O)[O-])cc(I)c2NCC[C@@H](C(N)=O)NC(=O)[C@H](CCCN=C(N)N)NC1=O.NC(=O)[C@@H]1CCNc2c(I)cc([N+](=O)[O-])cc2C(=O)N[C@@H](CCCN=C(N)N)C(=O)NCC(=O)N1.NCCCC[C@@H]1NC(=O)C(CCC(=O)O)NC(=O)c2cc([N+](=O)[O-])ccc2OCC[C@@H](C(=O)NC(CCC(=O)O)C(N)=O)NC1=O. The van der Waals surface area contributed by atoms with Crippen molar-refractivity contribution in [1.29, 1.82) is 0 Å². The van der Waals surface area contributed by atoms with Gasteiger partial charge in [-0.25, -0.2) is 0 Å². The summed E-state index contributed by atoms with van der Waals surface area (Å²) in [6, 6.07) is -4.10. The number of nitrogens with one attached hydrogen (secondary N) is 12. The molecule has 0 saturated carbocycles. The predicted molar refractivity (Wildman–Crippen MR) is 457 cm³/mol. The number of non-ortho nitro benzene ring substituents is 3. The number of unbranched alkanes of at least 4 members (excludes halogenated alkanes) is 1. The molecule has 0 bridgehead atoms. The summed E-state index contributed by atoms with van der Waals surface area (Å²) in [6.07, 6.45) is -1.21. The van der Waals surface area contributed by atoms with Crippen molar-refractivity contribution in [3.05, 3.63) is 96.6 Å². The number of nitrogens with zero attached hydrogens (tertiary/aromatic N) is 5. The average Bonchev–Trinajstić information content (AvgIpc) is 0.331. The number of guanidine groups is 2. The quantitative estimate of drug-likeness (QED) is 0.00821. The van der Waals surface area contributed by atoms with E-state index in [0.29, 0.717) is 22.8 Å². The maximum Gasteiger partial charge on any atom is 0.303 e. The summed E-state index contributed by atoms with van der Waals surface area (Å²) < 4.78 is 6.31. The molecule has 3 aliphatic heterocycles. The van der Waals surface area contributed by atoms with Gasteiger partial charge in [-0.1, -0.05) is 22.3 Å². The van der Waals surface area contributed by atoms with Crippen molar-refractivity contribution in [3.8, 4) is 5.75 Å². The van der Waals surface area contributed by atoms with Gasteiger partial charge in [0.05, 0.1) is 62.4 Å². The van der Waals surface area contributed by atoms with Gasteiger partial charge in [0.15, 0.2) is 11.9 Å². The minimum atomic E-state index is -1.54. The number of primary amides is 4. The molecule has 0 spiro atoms. The smallest absolute Gasteiger partial charge is 0.303 e. The Morgan fingerprint density at radius 1 is 0.504 bits per heavy atom. The van der Waals surface area contributed by atoms with Crippen LogP contribution in [0.4, 0.5) is 28.4 Å². The van der Waals surface area contributed by atoms with Crippen LogP contribution in [0.25, 0.3) is 0 Å². The number of nitro benzene ring substituents is 3. The summed E-state index contributed by atoms with van der Waals surface area (Å²) in [7, 11) is 0. The van der Waals surface area contributed by atoms with E-state index in [2.05, 4.69) is 73.8 Å². The lowest BCUT2D eigenvalue weighted by atomic mass is 10.0. The Balaban J connectivity index is 0.000000920. The van der Waals surface area contributed by atoms with E-state index in [0.717, 1.165) is 30.3 Å². The Bertz CT molecular complexity index is 4440. The molecule has 3 aromatic carbocycles. The predicted octanol–water partition coefficient (Wildman–Crippen LogP) is -4.07. The second-order valence-electron chi connectivity index (χ2n) is 26.4. The van der Waals surface area contributed by atoms with Gasteiger partial charge in [0, 0.05) is 89.0 Å². The van der Waals surface area contributed by atoms with Gasteiger partial charge in [0.25, 0.3) is 34.8 Å². The fourth-order valence-corrected chi connectivity index (χ4v) is 12.9. The topological polar surface area (TPSA) is 855 Å². The molecule has 3 aromatic rings. The second-order valence-corrected chi connectivity index (χ2v) is 28.7. The fraction of sp³-hybridized carbons (Fsp3) is 0.486. The van der Waals surface area contributed by atoms with Gasteiger partial charge < -0.3 is 130 Å². The molecule has 9 atom stereocenters. The summed E-state index contributed by atoms with van der Waals surface area (Å²) in [5.74, 6) is -15.1. The van der Waals surface area contributed by atoms with E-state index >= 15 is 0 Å². The number of carboxylic acids is 2. The maximum absolute atomic E-state index is 13.4. The number of nitrogens with two attached hydrogens (primary N) is 9. The van der Waals surface area contributed by atoms with Crippen molar-refractivity contribution in [2.75, 3.05) is 56.5 Å². The summed E-state index contributed by atoms with van der Waals surface area (Å²) >= 11 is 3.62. The summed E-state index contributed by atoms with van der Waals surface area (Å²) in [5, 5.41) is 82.6. The number of hydrogen-bond acceptors (Lipinski definition) is 28. The monoisotopic (exact) mass is 1960 g/mol. The molecule has 14 amide bonds. The molecule has 0 aliphatic carbocycles. The van der Waals surface area contributed by atoms with Crippen LogP contribution in [-0.4, -0.2) is 232 Å². The number of nitro groups is 3. The third-order valence-electron chi connectivity index (χ3n) is 17.3. The number of anilines is 2. The Labute approximate surface area is 729 Å². The van der Waals surface area contributed by atoms with Gasteiger partial charge in [0.1, 0.15) is 60.1 Å². The molecule has 678 valence electrons. The second kappa shape index (κ2) is 53.4. The summed E-state index contributed by atoms with van der Waals surface area (Å²) in [5.41, 5.74) is 46.8. The van der Waals surface area contributed by atoms with Crippen LogP contribution in [0, 0.1) is 37.5 Å². The van der Waals surface area contributed by atoms with Gasteiger partial charge in [-0.05, 0) is 128 Å². The van der Waals surface area contributed by atoms with Crippen LogP contribution in [-0.2, 0) is 62.3 Å². The zero-order valence-electron chi connectivity index (χ0n) is 63.8. The van der Waals surface area contributed by atoms with Gasteiger partial charge in [-0.15, -0.1) is 0 Å². The highest BCUT2D eigenvalue weighted by atomic mass is 127. The minimum Gasteiger partial charge on any atom is -0.493 e. The third-order valence-corrected chi connectivity index (χ3v) is 19.0. The summed E-state index contributed by atoms with van der Waals surface area (Å²) in [6.45, 7) is -0.121. The molecule has 51 nitrogen and oxygen atoms in total. The van der Waals surface area contributed by atoms with Crippen LogP contribution in [0.3, 0.4) is 0 Å². The zero-order chi connectivity index (χ0) is 89.8. The molecule has 0 fully saturated rings. The first-order valence-corrected chi connectivity index (χ1v) is 38.4. The number of fused-ring (bicyclic) bond motifs is 3. The van der Waals surface area contributed by atoms with Crippen LogP contribution in [0.2, 0.25) is 0 Å². The highest BCUT2D eigenvalue weighted by molar-refractivity contribution is 14.1. The number of ether oxygens (including phenoxy) is 1. The average molecular weight is 1960 g/mol. The van der Waals surface area contributed by atoms with Gasteiger partial charge >= 0.3 is 11.9 Å². The van der Waals surface area contributed by atoms with Crippen molar-refractivity contribution in [2.45, 2.75) is 173 Å². The number of rotatable bonds is 28. The van der Waals surface area contributed by atoms with Crippen LogP contribution < -0.4 is 120 Å². The number of carbonyl (C=O) groups excluding carboxylic acids is 14. The number of amides is 14. The fourth-order valence-electron chi connectivity index (χ4n) is 11.3. The van der Waals surface area contributed by atoms with Gasteiger partial charge in [-0.2, -0.15) is 0 Å². The van der Waals surface area contributed by atoms with Crippen molar-refractivity contribution < 1.29 is 106 Å². The van der Waals surface area contributed by atoms with E-state index < -0.39 is 207 Å². The van der Waals surface area contributed by atoms with E-state index in [4.69, 9.17) is 61.4 Å². The first kappa shape index (κ1) is 108. The van der Waals surface area contributed by atoms with E-state index in [9.17, 15) is 112 Å². The van der Waals surface area contributed by atoms with Crippen LogP contribution in [0.15, 0.2) is 52.4 Å². The number of carbonyl (C=O) groups is 16. The van der Waals surface area contributed by atoms with E-state index in [1.165, 1.54) is 12.1 Å². The van der Waals surface area contributed by atoms with Crippen LogP contribution in [0.1, 0.15) is 150 Å². The van der Waals surface area contributed by atoms with Gasteiger partial charge in [0.2, 0.25) is 65.0 Å². The maximum atomic E-state index is 13.4. The minimum absolute atomic E-state index is 0. The van der Waals surface area contributed by atoms with Gasteiger partial charge in [-0.3, -0.25) is 117 Å². The molecule has 3 aliphatic rings. The van der Waals surface area contributed by atoms with Crippen molar-refractivity contribution in [1.82, 2.24) is 53.2 Å². The molecule has 3 heterocycles. The molecule has 32 N–H and O–H groups in total. The Morgan fingerprint density at radius 2 is 0.927 bits per heavy atom. The molecule has 6 rings (SSSR count). The number of carboxylic acid groups (broad SMARTS) is 2. The lowest BCUT2D eigenvalue weighted by molar-refractivity contribution is -0.385. The number of aliphatic imine (C=N–C) groups is 2. The first-order valence-electron chi connectivity index (χ1n) is 36.3. The molecule has 3 unspecified atom stereocenters. The number of halogens is 2. The molecule has 123 heavy (non-hydrogen) atoms. The molecule has 0 aromatic heterocycles. The Morgan fingerprint density at radius 3 is 1.37 bits per heavy atom.